The number of nitrogens with one attached hydrogen (secondary N) is 1. The number of fused-ring (bicyclic) bond motifs is 2. The molecule has 1 fully saturated rings. The van der Waals surface area contributed by atoms with Crippen LogP contribution in [0.5, 0.6) is 11.5 Å². The molecule has 8 nitrogen and oxygen atoms in total. The normalized spacial score (nSPS) is 17.6. The van der Waals surface area contributed by atoms with Gasteiger partial charge in [-0.25, -0.2) is 0 Å². The van der Waals surface area contributed by atoms with Crippen molar-refractivity contribution < 1.29 is 28.6 Å². The van der Waals surface area contributed by atoms with Crippen molar-refractivity contribution in [3.63, 3.8) is 0 Å². The van der Waals surface area contributed by atoms with E-state index in [0.717, 1.165) is 29.9 Å². The van der Waals surface area contributed by atoms with E-state index in [0.29, 0.717) is 42.0 Å². The van der Waals surface area contributed by atoms with Crippen LogP contribution in [-0.4, -0.2) is 49.2 Å². The van der Waals surface area contributed by atoms with Crippen LogP contribution in [0.15, 0.2) is 66.7 Å². The zero-order chi connectivity index (χ0) is 25.4. The molecule has 3 heterocycles. The van der Waals surface area contributed by atoms with Crippen molar-refractivity contribution in [3.8, 4) is 11.5 Å². The number of hydrogen-bond acceptors (Lipinski definition) is 6. The summed E-state index contributed by atoms with van der Waals surface area (Å²) in [6.07, 6.45) is 1.54. The predicted octanol–water partition coefficient (Wildman–Crippen LogP) is 3.69. The first-order chi connectivity index (χ1) is 18.0. The van der Waals surface area contributed by atoms with Crippen LogP contribution in [-0.2, 0) is 16.7 Å². The minimum atomic E-state index is -0.319. The average molecular weight is 499 g/mol. The van der Waals surface area contributed by atoms with Crippen molar-refractivity contribution in [2.45, 2.75) is 24.8 Å². The summed E-state index contributed by atoms with van der Waals surface area (Å²) >= 11 is 0. The first-order valence-electron chi connectivity index (χ1n) is 12.3. The van der Waals surface area contributed by atoms with Gasteiger partial charge in [0, 0.05) is 30.7 Å². The molecule has 37 heavy (non-hydrogen) atoms. The van der Waals surface area contributed by atoms with E-state index in [9.17, 15) is 14.4 Å². The molecule has 8 heteroatoms. The van der Waals surface area contributed by atoms with Crippen LogP contribution in [0.1, 0.15) is 55.0 Å². The molecule has 0 spiro atoms. The Morgan fingerprint density at radius 3 is 2.35 bits per heavy atom. The minimum absolute atomic E-state index is 0.103. The first kappa shape index (κ1) is 23.2. The predicted molar refractivity (Wildman–Crippen MR) is 134 cm³/mol. The topological polar surface area (TPSA) is 94.2 Å². The highest BCUT2D eigenvalue weighted by molar-refractivity contribution is 6.21. The molecule has 0 unspecified atom stereocenters. The van der Waals surface area contributed by atoms with Crippen LogP contribution >= 0.6 is 0 Å². The summed E-state index contributed by atoms with van der Waals surface area (Å²) < 4.78 is 16.7. The van der Waals surface area contributed by atoms with Crippen LogP contribution in [0.4, 0.5) is 0 Å². The number of nitrogens with zero attached hydrogens (tertiary/aromatic N) is 1. The zero-order valence-corrected chi connectivity index (χ0v) is 20.2. The van der Waals surface area contributed by atoms with E-state index in [4.69, 9.17) is 14.2 Å². The lowest BCUT2D eigenvalue weighted by molar-refractivity contribution is 0.0486. The summed E-state index contributed by atoms with van der Waals surface area (Å²) in [6, 6.07) is 19.8. The molecule has 3 aliphatic heterocycles. The van der Waals surface area contributed by atoms with Crippen LogP contribution < -0.4 is 14.8 Å². The van der Waals surface area contributed by atoms with Gasteiger partial charge < -0.3 is 19.5 Å². The fourth-order valence-corrected chi connectivity index (χ4v) is 5.28. The fraction of sp³-hybridized carbons (Fsp3) is 0.276. The molecule has 188 valence electrons. The van der Waals surface area contributed by atoms with Gasteiger partial charge in [-0.1, -0.05) is 30.3 Å². The third-order valence-corrected chi connectivity index (χ3v) is 7.43. The van der Waals surface area contributed by atoms with E-state index in [1.54, 1.807) is 42.5 Å². The third kappa shape index (κ3) is 4.23. The number of carbonyl (C=O) groups is 3. The van der Waals surface area contributed by atoms with Gasteiger partial charge in [0.1, 0.15) is 0 Å². The van der Waals surface area contributed by atoms with Crippen molar-refractivity contribution in [2.75, 3.05) is 26.6 Å². The van der Waals surface area contributed by atoms with Gasteiger partial charge in [-0.2, -0.15) is 0 Å². The number of hydrogen-bond donors (Lipinski definition) is 1. The Kier molecular flexibility index (Phi) is 5.88. The van der Waals surface area contributed by atoms with Crippen LogP contribution in [0, 0.1) is 0 Å². The molecule has 1 saturated heterocycles. The van der Waals surface area contributed by atoms with E-state index in [1.165, 1.54) is 4.90 Å². The summed E-state index contributed by atoms with van der Waals surface area (Å²) in [5, 5.41) is 3.11. The second kappa shape index (κ2) is 9.37. The zero-order valence-electron chi connectivity index (χ0n) is 20.2. The van der Waals surface area contributed by atoms with Gasteiger partial charge in [0.25, 0.3) is 17.7 Å². The lowest BCUT2D eigenvalue weighted by Crippen LogP contribution is -2.44. The van der Waals surface area contributed by atoms with E-state index >= 15 is 0 Å². The Bertz CT molecular complexity index is 1360. The molecule has 3 aliphatic rings. The van der Waals surface area contributed by atoms with Crippen LogP contribution in [0.25, 0.3) is 0 Å². The molecule has 0 atom stereocenters. The largest absolute Gasteiger partial charge is 0.454 e. The summed E-state index contributed by atoms with van der Waals surface area (Å²) in [7, 11) is 0. The summed E-state index contributed by atoms with van der Waals surface area (Å²) in [6.45, 7) is 1.98. The van der Waals surface area contributed by atoms with Gasteiger partial charge in [-0.3, -0.25) is 19.3 Å². The molecular formula is C29H26N2O6. The van der Waals surface area contributed by atoms with Gasteiger partial charge in [0.05, 0.1) is 17.7 Å². The standard InChI is InChI=1S/C29H26N2O6/c32-26(30-17-29(10-12-35-13-11-29)21-8-9-24-25(15-21)37-18-36-24)20-5-3-4-19(14-20)16-31-27(33)22-6-1-2-7-23(22)28(31)34/h1-9,14-15H,10-13,16-18H2,(H,30,32). The van der Waals surface area contributed by atoms with Crippen molar-refractivity contribution in [1.29, 1.82) is 0 Å². The first-order valence-corrected chi connectivity index (χ1v) is 12.3. The van der Waals surface area contributed by atoms with Crippen molar-refractivity contribution in [2.24, 2.45) is 0 Å². The smallest absolute Gasteiger partial charge is 0.261 e. The molecule has 3 aromatic rings. The summed E-state index contributed by atoms with van der Waals surface area (Å²) in [5.41, 5.74) is 2.80. The molecule has 1 N–H and O–H groups in total. The third-order valence-electron chi connectivity index (χ3n) is 7.43. The highest BCUT2D eigenvalue weighted by Crippen LogP contribution is 2.40. The molecule has 0 radical (unpaired) electrons. The number of ether oxygens (including phenoxy) is 3. The highest BCUT2D eigenvalue weighted by atomic mass is 16.7. The average Bonchev–Trinajstić information content (AvgIpc) is 3.51. The number of benzene rings is 3. The molecule has 3 amide bonds. The Labute approximate surface area is 214 Å². The van der Waals surface area contributed by atoms with E-state index in [1.807, 2.05) is 24.3 Å². The molecular weight excluding hydrogens is 472 g/mol. The Balaban J connectivity index is 1.17. The Morgan fingerprint density at radius 2 is 1.59 bits per heavy atom. The van der Waals surface area contributed by atoms with E-state index < -0.39 is 0 Å². The van der Waals surface area contributed by atoms with Crippen molar-refractivity contribution in [3.05, 3.63) is 94.5 Å². The van der Waals surface area contributed by atoms with Gasteiger partial charge in [0.2, 0.25) is 6.79 Å². The fourth-order valence-electron chi connectivity index (χ4n) is 5.28. The second-order valence-electron chi connectivity index (χ2n) is 9.59. The second-order valence-corrected chi connectivity index (χ2v) is 9.59. The molecule has 0 aliphatic carbocycles. The number of carbonyl (C=O) groups excluding carboxylic acids is 3. The van der Waals surface area contributed by atoms with Crippen LogP contribution in [0.3, 0.4) is 0 Å². The molecule has 0 aromatic heterocycles. The maximum Gasteiger partial charge on any atom is 0.261 e. The lowest BCUT2D eigenvalue weighted by Gasteiger charge is -2.38. The van der Waals surface area contributed by atoms with E-state index in [2.05, 4.69) is 5.32 Å². The number of imide groups is 1. The summed E-state index contributed by atoms with van der Waals surface area (Å²) in [5.74, 6) is 0.595. The van der Waals surface area contributed by atoms with Crippen molar-refractivity contribution in [1.82, 2.24) is 10.2 Å². The summed E-state index contributed by atoms with van der Waals surface area (Å²) in [4.78, 5) is 39.9. The maximum absolute atomic E-state index is 13.2. The number of rotatable bonds is 6. The Morgan fingerprint density at radius 1 is 0.865 bits per heavy atom. The van der Waals surface area contributed by atoms with Crippen molar-refractivity contribution >= 4 is 17.7 Å². The highest BCUT2D eigenvalue weighted by Gasteiger charge is 2.37. The lowest BCUT2D eigenvalue weighted by atomic mass is 9.74. The van der Waals surface area contributed by atoms with E-state index in [-0.39, 0.29) is 36.5 Å². The SMILES string of the molecule is O=C(NCC1(c2ccc3c(c2)OCO3)CCOCC1)c1cccc(CN2C(=O)c3ccccc3C2=O)c1. The van der Waals surface area contributed by atoms with Gasteiger partial charge in [-0.15, -0.1) is 0 Å². The number of amides is 3. The maximum atomic E-state index is 13.2. The molecule has 0 bridgehead atoms. The Hall–Kier alpha value is -4.17. The molecule has 6 rings (SSSR count). The minimum Gasteiger partial charge on any atom is -0.454 e. The van der Waals surface area contributed by atoms with Gasteiger partial charge in [-0.05, 0) is 60.4 Å². The monoisotopic (exact) mass is 498 g/mol. The molecule has 0 saturated carbocycles. The molecule has 3 aromatic carbocycles. The van der Waals surface area contributed by atoms with Gasteiger partial charge in [0.15, 0.2) is 11.5 Å². The van der Waals surface area contributed by atoms with Crippen LogP contribution in [0.2, 0.25) is 0 Å². The van der Waals surface area contributed by atoms with Gasteiger partial charge >= 0.3 is 0 Å². The quantitative estimate of drug-likeness (QED) is 0.521.